The first-order valence-corrected chi connectivity index (χ1v) is 10.6. The maximum absolute atomic E-state index is 13.0. The van der Waals surface area contributed by atoms with E-state index in [1.54, 1.807) is 0 Å². The summed E-state index contributed by atoms with van der Waals surface area (Å²) in [5.74, 6) is 0.0855. The third-order valence-electron chi connectivity index (χ3n) is 4.70. The number of hydrogen-bond donors (Lipinski definition) is 0. The summed E-state index contributed by atoms with van der Waals surface area (Å²) >= 11 is 7.05. The molecule has 1 aliphatic heterocycles. The van der Waals surface area contributed by atoms with Crippen molar-refractivity contribution >= 4 is 49.2 Å². The zero-order valence-electron chi connectivity index (χ0n) is 15.1. The quantitative estimate of drug-likeness (QED) is 0.437. The fourth-order valence-corrected chi connectivity index (χ4v) is 3.97. The molecule has 3 aromatic carbocycles. The minimum absolute atomic E-state index is 0.0855. The summed E-state index contributed by atoms with van der Waals surface area (Å²) in [6, 6.07) is 24.3. The van der Waals surface area contributed by atoms with Crippen LogP contribution < -0.4 is 4.90 Å². The van der Waals surface area contributed by atoms with Crippen LogP contribution in [0.25, 0.3) is 0 Å². The Morgan fingerprint density at radius 3 is 2.36 bits per heavy atom. The van der Waals surface area contributed by atoms with Gasteiger partial charge in [-0.3, -0.25) is 9.79 Å². The molecule has 0 spiro atoms. The summed E-state index contributed by atoms with van der Waals surface area (Å²) in [6.45, 7) is 1.01. The van der Waals surface area contributed by atoms with Crippen LogP contribution >= 0.6 is 31.9 Å². The van der Waals surface area contributed by atoms with Gasteiger partial charge in [0.25, 0.3) is 0 Å². The van der Waals surface area contributed by atoms with Crippen LogP contribution in [0.3, 0.4) is 0 Å². The van der Waals surface area contributed by atoms with Gasteiger partial charge in [-0.2, -0.15) is 0 Å². The Morgan fingerprint density at radius 2 is 1.61 bits per heavy atom. The molecule has 0 N–H and O–H groups in total. The first-order chi connectivity index (χ1) is 13.6. The second-order valence-electron chi connectivity index (χ2n) is 6.61. The van der Waals surface area contributed by atoms with Crippen molar-refractivity contribution < 1.29 is 4.79 Å². The van der Waals surface area contributed by atoms with Gasteiger partial charge in [-0.05, 0) is 35.9 Å². The first kappa shape index (κ1) is 19.1. The lowest BCUT2D eigenvalue weighted by Gasteiger charge is -2.28. The van der Waals surface area contributed by atoms with Crippen molar-refractivity contribution in [2.75, 3.05) is 11.4 Å². The number of aliphatic imine (C=N–C) groups is 1. The fraction of sp³-hybridized carbons (Fsp3) is 0.130. The normalized spacial score (nSPS) is 14.1. The molecule has 0 aromatic heterocycles. The summed E-state index contributed by atoms with van der Waals surface area (Å²) in [4.78, 5) is 19.6. The topological polar surface area (TPSA) is 32.7 Å². The predicted octanol–water partition coefficient (Wildman–Crippen LogP) is 5.99. The van der Waals surface area contributed by atoms with E-state index in [-0.39, 0.29) is 5.91 Å². The van der Waals surface area contributed by atoms with Crippen LogP contribution in [-0.2, 0) is 11.3 Å². The van der Waals surface area contributed by atoms with E-state index in [0.717, 1.165) is 37.0 Å². The number of carbonyl (C=O) groups is 1. The largest absolute Gasteiger partial charge is 0.307 e. The molecule has 0 aliphatic carbocycles. The molecule has 0 radical (unpaired) electrons. The Hall–Kier alpha value is -2.24. The molecule has 0 saturated carbocycles. The van der Waals surface area contributed by atoms with Crippen LogP contribution in [0.2, 0.25) is 0 Å². The first-order valence-electron chi connectivity index (χ1n) is 9.06. The van der Waals surface area contributed by atoms with Crippen LogP contribution in [0.4, 0.5) is 5.69 Å². The molecule has 0 unspecified atom stereocenters. The Bertz CT molecular complexity index is 1030. The minimum Gasteiger partial charge on any atom is -0.307 e. The molecule has 0 fully saturated rings. The number of rotatable bonds is 3. The lowest BCUT2D eigenvalue weighted by atomic mass is 9.98. The Balaban J connectivity index is 1.82. The van der Waals surface area contributed by atoms with Gasteiger partial charge in [0, 0.05) is 33.0 Å². The van der Waals surface area contributed by atoms with Crippen LogP contribution in [0.15, 0.2) is 86.7 Å². The molecule has 1 amide bonds. The molecule has 5 heteroatoms. The summed E-state index contributed by atoms with van der Waals surface area (Å²) < 4.78 is 1.99. The molecule has 0 atom stereocenters. The van der Waals surface area contributed by atoms with E-state index in [0.29, 0.717) is 19.5 Å². The number of benzene rings is 3. The fourth-order valence-electron chi connectivity index (χ4n) is 3.34. The average Bonchev–Trinajstić information content (AvgIpc) is 2.71. The molecule has 3 aromatic rings. The van der Waals surface area contributed by atoms with Crippen molar-refractivity contribution in [2.45, 2.75) is 13.0 Å². The Labute approximate surface area is 181 Å². The molecular weight excluding hydrogens is 480 g/mol. The molecule has 4 rings (SSSR count). The number of anilines is 1. The van der Waals surface area contributed by atoms with Gasteiger partial charge >= 0.3 is 0 Å². The van der Waals surface area contributed by atoms with Gasteiger partial charge in [-0.15, -0.1) is 0 Å². The van der Waals surface area contributed by atoms with Crippen LogP contribution in [0.5, 0.6) is 0 Å². The maximum Gasteiger partial charge on any atom is 0.229 e. The summed E-state index contributed by atoms with van der Waals surface area (Å²) in [7, 11) is 0. The Kier molecular flexibility index (Phi) is 5.74. The monoisotopic (exact) mass is 496 g/mol. The smallest absolute Gasteiger partial charge is 0.229 e. The molecule has 0 bridgehead atoms. The third kappa shape index (κ3) is 4.10. The van der Waals surface area contributed by atoms with Crippen molar-refractivity contribution in [2.24, 2.45) is 4.99 Å². The second kappa shape index (κ2) is 8.41. The molecule has 0 saturated heterocycles. The van der Waals surface area contributed by atoms with Gasteiger partial charge in [0.05, 0.1) is 17.9 Å². The van der Waals surface area contributed by atoms with E-state index in [4.69, 9.17) is 4.99 Å². The highest BCUT2D eigenvalue weighted by Crippen LogP contribution is 2.31. The second-order valence-corrected chi connectivity index (χ2v) is 8.45. The van der Waals surface area contributed by atoms with Crippen LogP contribution in [-0.4, -0.2) is 18.2 Å². The van der Waals surface area contributed by atoms with E-state index < -0.39 is 0 Å². The summed E-state index contributed by atoms with van der Waals surface area (Å²) in [5, 5.41) is 0. The van der Waals surface area contributed by atoms with E-state index in [9.17, 15) is 4.79 Å². The standard InChI is InChI=1S/C23H18Br2N2O/c24-18-8-6-16(7-9-18)15-27-21-11-10-19(25)14-20(21)23(26-13-12-22(27)28)17-4-2-1-3-5-17/h1-11,14H,12-13,15H2. The van der Waals surface area contributed by atoms with E-state index in [1.165, 1.54) is 0 Å². The van der Waals surface area contributed by atoms with Crippen molar-refractivity contribution in [1.82, 2.24) is 0 Å². The van der Waals surface area contributed by atoms with Gasteiger partial charge in [0.15, 0.2) is 0 Å². The molecule has 1 heterocycles. The number of hydrogen-bond acceptors (Lipinski definition) is 2. The van der Waals surface area contributed by atoms with Crippen molar-refractivity contribution in [3.63, 3.8) is 0 Å². The third-order valence-corrected chi connectivity index (χ3v) is 5.72. The molecule has 1 aliphatic rings. The van der Waals surface area contributed by atoms with Crippen molar-refractivity contribution in [3.05, 3.63) is 98.4 Å². The lowest BCUT2D eigenvalue weighted by Crippen LogP contribution is -2.33. The minimum atomic E-state index is 0.0855. The van der Waals surface area contributed by atoms with Gasteiger partial charge in [-0.1, -0.05) is 74.3 Å². The van der Waals surface area contributed by atoms with Crippen LogP contribution in [0.1, 0.15) is 23.1 Å². The summed E-state index contributed by atoms with van der Waals surface area (Å²) in [5.41, 5.74) is 4.92. The summed E-state index contributed by atoms with van der Waals surface area (Å²) in [6.07, 6.45) is 0.391. The van der Waals surface area contributed by atoms with E-state index in [1.807, 2.05) is 65.6 Å². The zero-order chi connectivity index (χ0) is 19.5. The maximum atomic E-state index is 13.0. The van der Waals surface area contributed by atoms with E-state index >= 15 is 0 Å². The molecular formula is C23H18Br2N2O. The number of nitrogens with zero attached hydrogens (tertiary/aromatic N) is 2. The Morgan fingerprint density at radius 1 is 0.893 bits per heavy atom. The zero-order valence-corrected chi connectivity index (χ0v) is 18.3. The van der Waals surface area contributed by atoms with Gasteiger partial charge in [0.2, 0.25) is 5.91 Å². The highest BCUT2D eigenvalue weighted by atomic mass is 79.9. The van der Waals surface area contributed by atoms with E-state index in [2.05, 4.69) is 44.0 Å². The van der Waals surface area contributed by atoms with Crippen molar-refractivity contribution in [3.8, 4) is 0 Å². The van der Waals surface area contributed by atoms with Gasteiger partial charge < -0.3 is 4.90 Å². The number of fused-ring (bicyclic) bond motifs is 1. The lowest BCUT2D eigenvalue weighted by molar-refractivity contribution is -0.118. The van der Waals surface area contributed by atoms with Crippen molar-refractivity contribution in [1.29, 1.82) is 0 Å². The SMILES string of the molecule is O=C1CCN=C(c2ccccc2)c2cc(Br)ccc2N1Cc1ccc(Br)cc1. The number of amides is 1. The number of halogens is 2. The van der Waals surface area contributed by atoms with Crippen LogP contribution in [0, 0.1) is 0 Å². The predicted molar refractivity (Wildman–Crippen MR) is 121 cm³/mol. The number of carbonyl (C=O) groups excluding carboxylic acids is 1. The molecule has 3 nitrogen and oxygen atoms in total. The highest BCUT2D eigenvalue weighted by Gasteiger charge is 2.24. The average molecular weight is 498 g/mol. The molecule has 140 valence electrons. The highest BCUT2D eigenvalue weighted by molar-refractivity contribution is 9.10. The van der Waals surface area contributed by atoms with Gasteiger partial charge in [-0.25, -0.2) is 0 Å². The molecule has 28 heavy (non-hydrogen) atoms. The van der Waals surface area contributed by atoms with Gasteiger partial charge in [0.1, 0.15) is 0 Å².